The Labute approximate surface area is 125 Å². The third-order valence-electron chi connectivity index (χ3n) is 3.69. The van der Waals surface area contributed by atoms with Crippen molar-refractivity contribution in [2.75, 3.05) is 0 Å². The van der Waals surface area contributed by atoms with E-state index >= 15 is 0 Å². The Kier molecular flexibility index (Phi) is 3.65. The van der Waals surface area contributed by atoms with E-state index < -0.39 is 6.10 Å². The smallest absolute Gasteiger partial charge is 0.177 e. The van der Waals surface area contributed by atoms with Crippen molar-refractivity contribution < 1.29 is 5.11 Å². The van der Waals surface area contributed by atoms with Gasteiger partial charge in [-0.05, 0) is 52.9 Å². The Hall–Kier alpha value is -0.840. The van der Waals surface area contributed by atoms with E-state index in [4.69, 9.17) is 11.6 Å². The Morgan fingerprint density at radius 2 is 2.00 bits per heavy atom. The summed E-state index contributed by atoms with van der Waals surface area (Å²) >= 11 is 9.34. The van der Waals surface area contributed by atoms with Gasteiger partial charge in [-0.1, -0.05) is 23.7 Å². The molecule has 3 nitrogen and oxygen atoms in total. The maximum absolute atomic E-state index is 10.5. The molecule has 1 heterocycles. The summed E-state index contributed by atoms with van der Waals surface area (Å²) in [6, 6.07) is 7.73. The molecule has 1 fully saturated rings. The number of rotatable bonds is 3. The SMILES string of the molecule is OC(c1ccc(Cl)cc1)c1cnc(Br)n1C1CCC1. The third kappa shape index (κ3) is 2.45. The first-order valence-electron chi connectivity index (χ1n) is 6.33. The summed E-state index contributed by atoms with van der Waals surface area (Å²) in [5.74, 6) is 0. The fourth-order valence-corrected chi connectivity index (χ4v) is 3.10. The van der Waals surface area contributed by atoms with Crippen molar-refractivity contribution in [2.24, 2.45) is 0 Å². The molecule has 1 saturated carbocycles. The van der Waals surface area contributed by atoms with Crippen LogP contribution in [0.1, 0.15) is 42.7 Å². The number of hydrogen-bond acceptors (Lipinski definition) is 2. The minimum atomic E-state index is -0.670. The molecular formula is C14H14BrClN2O. The number of aliphatic hydroxyl groups is 1. The number of aromatic nitrogens is 2. The summed E-state index contributed by atoms with van der Waals surface area (Å²) in [6.45, 7) is 0. The van der Waals surface area contributed by atoms with Gasteiger partial charge in [0.25, 0.3) is 0 Å². The first-order chi connectivity index (χ1) is 9.16. The van der Waals surface area contributed by atoms with Crippen molar-refractivity contribution in [3.05, 3.63) is 51.5 Å². The molecule has 0 saturated heterocycles. The van der Waals surface area contributed by atoms with Gasteiger partial charge in [-0.3, -0.25) is 0 Å². The van der Waals surface area contributed by atoms with Gasteiger partial charge in [0.2, 0.25) is 0 Å². The number of benzene rings is 1. The summed E-state index contributed by atoms with van der Waals surface area (Å²) in [4.78, 5) is 4.28. The van der Waals surface area contributed by atoms with Crippen LogP contribution < -0.4 is 0 Å². The molecule has 1 aliphatic rings. The summed E-state index contributed by atoms with van der Waals surface area (Å²) in [5, 5.41) is 11.2. The number of aliphatic hydroxyl groups excluding tert-OH is 1. The van der Waals surface area contributed by atoms with E-state index in [0.29, 0.717) is 11.1 Å². The van der Waals surface area contributed by atoms with Crippen molar-refractivity contribution in [3.63, 3.8) is 0 Å². The quantitative estimate of drug-likeness (QED) is 0.912. The Balaban J connectivity index is 1.95. The minimum absolute atomic E-state index is 0.453. The fourth-order valence-electron chi connectivity index (χ4n) is 2.37. The maximum atomic E-state index is 10.5. The second kappa shape index (κ2) is 5.27. The number of nitrogens with zero attached hydrogens (tertiary/aromatic N) is 2. The lowest BCUT2D eigenvalue weighted by Crippen LogP contribution is -2.21. The monoisotopic (exact) mass is 340 g/mol. The van der Waals surface area contributed by atoms with Gasteiger partial charge < -0.3 is 9.67 Å². The molecular weight excluding hydrogens is 328 g/mol. The van der Waals surface area contributed by atoms with Crippen molar-refractivity contribution in [1.82, 2.24) is 9.55 Å². The maximum Gasteiger partial charge on any atom is 0.177 e. The fraction of sp³-hybridized carbons (Fsp3) is 0.357. The van der Waals surface area contributed by atoms with Crippen LogP contribution in [0, 0.1) is 0 Å². The predicted octanol–water partition coefficient (Wildman–Crippen LogP) is 4.11. The highest BCUT2D eigenvalue weighted by Gasteiger charge is 2.27. The highest BCUT2D eigenvalue weighted by atomic mass is 79.9. The largest absolute Gasteiger partial charge is 0.382 e. The van der Waals surface area contributed by atoms with E-state index in [1.54, 1.807) is 18.3 Å². The molecule has 1 unspecified atom stereocenters. The standard InChI is InChI=1S/C14H14BrClN2O/c15-14-17-8-12(18(14)11-2-1-3-11)13(19)9-4-6-10(16)7-5-9/h4-8,11,13,19H,1-3H2. The van der Waals surface area contributed by atoms with E-state index in [9.17, 15) is 5.11 Å². The van der Waals surface area contributed by atoms with Gasteiger partial charge in [0, 0.05) is 11.1 Å². The molecule has 1 N–H and O–H groups in total. The molecule has 3 rings (SSSR count). The van der Waals surface area contributed by atoms with Crippen LogP contribution in [0.2, 0.25) is 5.02 Å². The van der Waals surface area contributed by atoms with Crippen LogP contribution in [0.15, 0.2) is 35.2 Å². The topological polar surface area (TPSA) is 38.1 Å². The van der Waals surface area contributed by atoms with Gasteiger partial charge in [-0.15, -0.1) is 0 Å². The van der Waals surface area contributed by atoms with Crippen LogP contribution in [0.5, 0.6) is 0 Å². The number of halogens is 2. The normalized spacial score (nSPS) is 17.2. The van der Waals surface area contributed by atoms with Crippen LogP contribution in [0.3, 0.4) is 0 Å². The summed E-state index contributed by atoms with van der Waals surface area (Å²) in [5.41, 5.74) is 1.66. The average molecular weight is 342 g/mol. The van der Waals surface area contributed by atoms with Crippen molar-refractivity contribution in [1.29, 1.82) is 0 Å². The Morgan fingerprint density at radius 3 is 2.58 bits per heavy atom. The molecule has 0 radical (unpaired) electrons. The second-order valence-corrected chi connectivity index (χ2v) is 6.01. The first-order valence-corrected chi connectivity index (χ1v) is 7.50. The molecule has 1 aromatic carbocycles. The zero-order valence-corrected chi connectivity index (χ0v) is 12.6. The van der Waals surface area contributed by atoms with E-state index in [2.05, 4.69) is 25.5 Å². The molecule has 1 atom stereocenters. The predicted molar refractivity (Wildman–Crippen MR) is 78.3 cm³/mol. The lowest BCUT2D eigenvalue weighted by atomic mass is 9.92. The van der Waals surface area contributed by atoms with Crippen LogP contribution in [0.4, 0.5) is 0 Å². The number of hydrogen-bond donors (Lipinski definition) is 1. The summed E-state index contributed by atoms with van der Waals surface area (Å²) in [6.07, 6.45) is 4.61. The van der Waals surface area contributed by atoms with Crippen molar-refractivity contribution in [2.45, 2.75) is 31.4 Å². The van der Waals surface area contributed by atoms with E-state index in [0.717, 1.165) is 28.8 Å². The average Bonchev–Trinajstić information content (AvgIpc) is 2.70. The zero-order chi connectivity index (χ0) is 13.4. The van der Waals surface area contributed by atoms with Gasteiger partial charge >= 0.3 is 0 Å². The highest BCUT2D eigenvalue weighted by Crippen LogP contribution is 2.37. The van der Waals surface area contributed by atoms with Gasteiger partial charge in [0.15, 0.2) is 4.73 Å². The van der Waals surface area contributed by atoms with Crippen LogP contribution in [0.25, 0.3) is 0 Å². The molecule has 19 heavy (non-hydrogen) atoms. The lowest BCUT2D eigenvalue weighted by molar-refractivity contribution is 0.196. The lowest BCUT2D eigenvalue weighted by Gasteiger charge is -2.30. The summed E-state index contributed by atoms with van der Waals surface area (Å²) < 4.78 is 2.89. The highest BCUT2D eigenvalue weighted by molar-refractivity contribution is 9.10. The third-order valence-corrected chi connectivity index (χ3v) is 4.52. The molecule has 100 valence electrons. The van der Waals surface area contributed by atoms with Crippen LogP contribution in [-0.4, -0.2) is 14.7 Å². The molecule has 0 amide bonds. The van der Waals surface area contributed by atoms with Gasteiger partial charge in [0.1, 0.15) is 6.10 Å². The molecule has 2 aromatic rings. The first kappa shape index (κ1) is 13.2. The van der Waals surface area contributed by atoms with Crippen molar-refractivity contribution in [3.8, 4) is 0 Å². The molecule has 1 aliphatic carbocycles. The molecule has 0 bridgehead atoms. The Bertz CT molecular complexity index is 578. The van der Waals surface area contributed by atoms with Crippen LogP contribution >= 0.6 is 27.5 Å². The minimum Gasteiger partial charge on any atom is -0.382 e. The molecule has 5 heteroatoms. The van der Waals surface area contributed by atoms with Gasteiger partial charge in [-0.25, -0.2) is 4.98 Å². The molecule has 1 aromatic heterocycles. The van der Waals surface area contributed by atoms with Gasteiger partial charge in [-0.2, -0.15) is 0 Å². The van der Waals surface area contributed by atoms with E-state index in [1.807, 2.05) is 12.1 Å². The molecule has 0 spiro atoms. The molecule has 0 aliphatic heterocycles. The number of imidazole rings is 1. The van der Waals surface area contributed by atoms with E-state index in [-0.39, 0.29) is 0 Å². The Morgan fingerprint density at radius 1 is 1.32 bits per heavy atom. The second-order valence-electron chi connectivity index (χ2n) is 4.86. The zero-order valence-electron chi connectivity index (χ0n) is 10.3. The van der Waals surface area contributed by atoms with Gasteiger partial charge in [0.05, 0.1) is 11.9 Å². The van der Waals surface area contributed by atoms with E-state index in [1.165, 1.54) is 6.42 Å². The van der Waals surface area contributed by atoms with Crippen molar-refractivity contribution >= 4 is 27.5 Å². The van der Waals surface area contributed by atoms with Crippen LogP contribution in [-0.2, 0) is 0 Å². The summed E-state index contributed by atoms with van der Waals surface area (Å²) in [7, 11) is 0.